The molecular weight excluding hydrogens is 172 g/mol. The summed E-state index contributed by atoms with van der Waals surface area (Å²) >= 11 is 1.27. The first-order chi connectivity index (χ1) is 5.88. The van der Waals surface area contributed by atoms with E-state index in [0.29, 0.717) is 0 Å². The van der Waals surface area contributed by atoms with Gasteiger partial charge < -0.3 is 5.11 Å². The van der Waals surface area contributed by atoms with E-state index in [1.54, 1.807) is 12.1 Å². The second-order valence-electron chi connectivity index (χ2n) is 2.26. The van der Waals surface area contributed by atoms with E-state index in [2.05, 4.69) is 9.36 Å². The second-order valence-corrected chi connectivity index (χ2v) is 3.04. The van der Waals surface area contributed by atoms with Crippen LogP contribution in [0.4, 0.5) is 0 Å². The predicted octanol–water partition coefficient (Wildman–Crippen LogP) is 1.91. The van der Waals surface area contributed by atoms with Gasteiger partial charge in [-0.25, -0.2) is 4.98 Å². The Morgan fingerprint density at radius 2 is 2.08 bits per heavy atom. The van der Waals surface area contributed by atoms with Crippen molar-refractivity contribution in [3.8, 4) is 16.3 Å². The summed E-state index contributed by atoms with van der Waals surface area (Å²) < 4.78 is 3.86. The lowest BCUT2D eigenvalue weighted by molar-refractivity contribution is 0.477. The molecule has 0 aliphatic carbocycles. The number of nitrogens with zero attached hydrogens (tertiary/aromatic N) is 2. The minimum Gasteiger partial charge on any atom is -0.507 e. The molecule has 0 atom stereocenters. The van der Waals surface area contributed by atoms with E-state index >= 15 is 0 Å². The number of benzene rings is 1. The van der Waals surface area contributed by atoms with Gasteiger partial charge in [0.2, 0.25) is 0 Å². The molecule has 3 nitrogen and oxygen atoms in total. The summed E-state index contributed by atoms with van der Waals surface area (Å²) in [5.41, 5.74) is 0.736. The molecule has 0 bridgehead atoms. The lowest BCUT2D eigenvalue weighted by Crippen LogP contribution is -1.75. The fraction of sp³-hybridized carbons (Fsp3) is 0. The highest BCUT2D eigenvalue weighted by atomic mass is 32.1. The van der Waals surface area contributed by atoms with Crippen LogP contribution in [0, 0.1) is 0 Å². The minimum absolute atomic E-state index is 0.245. The SMILES string of the molecule is Oc1ccccc1-c1ncns1. The molecule has 0 amide bonds. The third kappa shape index (κ3) is 1.16. The van der Waals surface area contributed by atoms with Crippen LogP contribution < -0.4 is 0 Å². The van der Waals surface area contributed by atoms with Crippen LogP contribution in [0.25, 0.3) is 10.6 Å². The summed E-state index contributed by atoms with van der Waals surface area (Å²) in [5.74, 6) is 0.245. The number of hydrogen-bond acceptors (Lipinski definition) is 4. The number of rotatable bonds is 1. The quantitative estimate of drug-likeness (QED) is 0.725. The van der Waals surface area contributed by atoms with Crippen molar-refractivity contribution in [1.82, 2.24) is 9.36 Å². The minimum atomic E-state index is 0.245. The first-order valence-corrected chi connectivity index (χ1v) is 4.20. The van der Waals surface area contributed by atoms with Crippen molar-refractivity contribution >= 4 is 11.5 Å². The summed E-state index contributed by atoms with van der Waals surface area (Å²) in [4.78, 5) is 3.99. The first kappa shape index (κ1) is 7.24. The Bertz CT molecular complexity index is 372. The Labute approximate surface area is 73.5 Å². The topological polar surface area (TPSA) is 46.0 Å². The van der Waals surface area contributed by atoms with E-state index in [1.807, 2.05) is 12.1 Å². The summed E-state index contributed by atoms with van der Waals surface area (Å²) in [7, 11) is 0. The lowest BCUT2D eigenvalue weighted by Gasteiger charge is -1.97. The van der Waals surface area contributed by atoms with Crippen molar-refractivity contribution in [1.29, 1.82) is 0 Å². The van der Waals surface area contributed by atoms with E-state index in [9.17, 15) is 5.11 Å². The third-order valence-electron chi connectivity index (χ3n) is 1.50. The van der Waals surface area contributed by atoms with Gasteiger partial charge in [0.15, 0.2) is 0 Å². The van der Waals surface area contributed by atoms with Crippen molar-refractivity contribution in [2.75, 3.05) is 0 Å². The van der Waals surface area contributed by atoms with Crippen molar-refractivity contribution in [3.63, 3.8) is 0 Å². The van der Waals surface area contributed by atoms with Crippen LogP contribution in [-0.2, 0) is 0 Å². The molecule has 0 spiro atoms. The maximum Gasteiger partial charge on any atom is 0.147 e. The van der Waals surface area contributed by atoms with Crippen LogP contribution in [-0.4, -0.2) is 14.5 Å². The van der Waals surface area contributed by atoms with E-state index < -0.39 is 0 Å². The maximum absolute atomic E-state index is 9.42. The van der Waals surface area contributed by atoms with E-state index in [1.165, 1.54) is 17.9 Å². The number of aromatic hydroxyl groups is 1. The highest BCUT2D eigenvalue weighted by molar-refractivity contribution is 7.09. The van der Waals surface area contributed by atoms with Gasteiger partial charge in [-0.05, 0) is 23.7 Å². The highest BCUT2D eigenvalue weighted by Crippen LogP contribution is 2.28. The lowest BCUT2D eigenvalue weighted by atomic mass is 10.2. The fourth-order valence-corrected chi connectivity index (χ4v) is 1.51. The Morgan fingerprint density at radius 1 is 1.25 bits per heavy atom. The molecule has 1 heterocycles. The van der Waals surface area contributed by atoms with Crippen molar-refractivity contribution in [2.45, 2.75) is 0 Å². The van der Waals surface area contributed by atoms with Gasteiger partial charge in [-0.1, -0.05) is 12.1 Å². The van der Waals surface area contributed by atoms with Gasteiger partial charge in [-0.15, -0.1) is 0 Å². The molecule has 1 aromatic heterocycles. The molecule has 60 valence electrons. The van der Waals surface area contributed by atoms with Crippen LogP contribution in [0.15, 0.2) is 30.6 Å². The first-order valence-electron chi connectivity index (χ1n) is 3.43. The molecular formula is C8H6N2OS. The van der Waals surface area contributed by atoms with Gasteiger partial charge in [0.1, 0.15) is 17.1 Å². The summed E-state index contributed by atoms with van der Waals surface area (Å²) in [6, 6.07) is 7.09. The van der Waals surface area contributed by atoms with Crippen LogP contribution >= 0.6 is 11.5 Å². The molecule has 0 radical (unpaired) electrons. The number of para-hydroxylation sites is 1. The Hall–Kier alpha value is -1.42. The average Bonchev–Trinajstić information content (AvgIpc) is 2.57. The van der Waals surface area contributed by atoms with Gasteiger partial charge in [-0.3, -0.25) is 0 Å². The van der Waals surface area contributed by atoms with Gasteiger partial charge in [-0.2, -0.15) is 4.37 Å². The molecule has 0 saturated heterocycles. The summed E-state index contributed by atoms with van der Waals surface area (Å²) in [5, 5.41) is 10.2. The predicted molar refractivity (Wildman–Crippen MR) is 47.0 cm³/mol. The molecule has 1 aromatic carbocycles. The van der Waals surface area contributed by atoms with Crippen molar-refractivity contribution < 1.29 is 5.11 Å². The standard InChI is InChI=1S/C8H6N2OS/c11-7-4-2-1-3-6(7)8-9-5-10-12-8/h1-5,11H. The van der Waals surface area contributed by atoms with E-state index in [0.717, 1.165) is 10.6 Å². The van der Waals surface area contributed by atoms with Crippen LogP contribution in [0.3, 0.4) is 0 Å². The van der Waals surface area contributed by atoms with Gasteiger partial charge in [0.25, 0.3) is 0 Å². The Kier molecular flexibility index (Phi) is 1.75. The molecule has 4 heteroatoms. The molecule has 2 rings (SSSR count). The highest BCUT2D eigenvalue weighted by Gasteiger charge is 2.04. The van der Waals surface area contributed by atoms with E-state index in [4.69, 9.17) is 0 Å². The number of phenolic OH excluding ortho intramolecular Hbond substituents is 1. The van der Waals surface area contributed by atoms with Crippen LogP contribution in [0.5, 0.6) is 5.75 Å². The number of hydrogen-bond donors (Lipinski definition) is 1. The number of aromatic nitrogens is 2. The molecule has 0 aliphatic rings. The smallest absolute Gasteiger partial charge is 0.147 e. The number of phenols is 1. The van der Waals surface area contributed by atoms with Crippen LogP contribution in [0.1, 0.15) is 0 Å². The molecule has 0 fully saturated rings. The van der Waals surface area contributed by atoms with Gasteiger partial charge >= 0.3 is 0 Å². The normalized spacial score (nSPS) is 10.0. The zero-order chi connectivity index (χ0) is 8.39. The molecule has 0 saturated carbocycles. The third-order valence-corrected chi connectivity index (χ3v) is 2.19. The average molecular weight is 178 g/mol. The van der Waals surface area contributed by atoms with Crippen molar-refractivity contribution in [3.05, 3.63) is 30.6 Å². The molecule has 12 heavy (non-hydrogen) atoms. The zero-order valence-corrected chi connectivity index (χ0v) is 6.95. The summed E-state index contributed by atoms with van der Waals surface area (Å²) in [6.07, 6.45) is 1.48. The van der Waals surface area contributed by atoms with Gasteiger partial charge in [0.05, 0.1) is 5.56 Å². The molecule has 0 aliphatic heterocycles. The van der Waals surface area contributed by atoms with Gasteiger partial charge in [0, 0.05) is 0 Å². The summed E-state index contributed by atoms with van der Waals surface area (Å²) in [6.45, 7) is 0. The largest absolute Gasteiger partial charge is 0.507 e. The van der Waals surface area contributed by atoms with E-state index in [-0.39, 0.29) is 5.75 Å². The molecule has 0 unspecified atom stereocenters. The Balaban J connectivity index is 2.55. The van der Waals surface area contributed by atoms with Crippen LogP contribution in [0.2, 0.25) is 0 Å². The molecule has 2 aromatic rings. The zero-order valence-electron chi connectivity index (χ0n) is 6.14. The molecule has 1 N–H and O–H groups in total. The van der Waals surface area contributed by atoms with Crippen molar-refractivity contribution in [2.24, 2.45) is 0 Å². The Morgan fingerprint density at radius 3 is 2.75 bits per heavy atom. The maximum atomic E-state index is 9.42. The monoisotopic (exact) mass is 178 g/mol. The second kappa shape index (κ2) is 2.91. The fourth-order valence-electron chi connectivity index (χ4n) is 0.946.